The van der Waals surface area contributed by atoms with Gasteiger partial charge in [0.15, 0.2) is 5.67 Å². The third kappa shape index (κ3) is 2.05. The summed E-state index contributed by atoms with van der Waals surface area (Å²) in [5, 5.41) is 0. The second-order valence-electron chi connectivity index (χ2n) is 5.50. The van der Waals surface area contributed by atoms with Crippen molar-refractivity contribution in [2.45, 2.75) is 59.1 Å². The van der Waals surface area contributed by atoms with Crippen LogP contribution in [0.4, 0.5) is 22.0 Å². The molecule has 0 aromatic rings. The first-order valence-electron chi connectivity index (χ1n) is 5.14. The van der Waals surface area contributed by atoms with Crippen LogP contribution in [0.25, 0.3) is 0 Å². The summed E-state index contributed by atoms with van der Waals surface area (Å²) in [5.41, 5.74) is -5.25. The summed E-state index contributed by atoms with van der Waals surface area (Å²) in [6, 6.07) is 0. The van der Waals surface area contributed by atoms with Gasteiger partial charge >= 0.3 is 11.8 Å². The van der Waals surface area contributed by atoms with Crippen molar-refractivity contribution >= 4 is 0 Å². The van der Waals surface area contributed by atoms with Gasteiger partial charge in [0.1, 0.15) is 0 Å². The Balaban J connectivity index is 5.53. The predicted octanol–water partition coefficient (Wildman–Crippen LogP) is 4.69. The lowest BCUT2D eigenvalue weighted by molar-refractivity contribution is -0.309. The molecule has 0 amide bonds. The van der Waals surface area contributed by atoms with Crippen LogP contribution in [0.2, 0.25) is 0 Å². The van der Waals surface area contributed by atoms with Gasteiger partial charge in [-0.25, -0.2) is 4.39 Å². The molecular formula is C11H19F5. The van der Waals surface area contributed by atoms with E-state index in [2.05, 4.69) is 0 Å². The fourth-order valence-electron chi connectivity index (χ4n) is 1.14. The minimum Gasteiger partial charge on any atom is -0.238 e. The minimum atomic E-state index is -4.70. The van der Waals surface area contributed by atoms with E-state index in [0.717, 1.165) is 13.8 Å². The molecule has 0 radical (unpaired) electrons. The van der Waals surface area contributed by atoms with Crippen molar-refractivity contribution < 1.29 is 22.0 Å². The molecule has 0 aromatic heterocycles. The molecule has 0 rings (SSSR count). The van der Waals surface area contributed by atoms with Crippen molar-refractivity contribution in [3.8, 4) is 0 Å². The fraction of sp³-hybridized carbons (Fsp3) is 1.00. The van der Waals surface area contributed by atoms with Gasteiger partial charge in [0, 0.05) is 5.41 Å². The van der Waals surface area contributed by atoms with Gasteiger partial charge in [-0.3, -0.25) is 0 Å². The lowest BCUT2D eigenvalue weighted by atomic mass is 9.71. The van der Waals surface area contributed by atoms with Gasteiger partial charge in [0.25, 0.3) is 0 Å². The average molecular weight is 246 g/mol. The smallest absolute Gasteiger partial charge is 0.238 e. The number of hydrogen-bond acceptors (Lipinski definition) is 0. The molecule has 0 aliphatic heterocycles. The molecule has 0 saturated heterocycles. The van der Waals surface area contributed by atoms with Gasteiger partial charge in [-0.1, -0.05) is 27.7 Å². The zero-order chi connectivity index (χ0) is 13.6. The van der Waals surface area contributed by atoms with E-state index in [9.17, 15) is 22.0 Å². The molecule has 0 bridgehead atoms. The highest BCUT2D eigenvalue weighted by molar-refractivity contribution is 5.04. The zero-order valence-corrected chi connectivity index (χ0v) is 10.5. The van der Waals surface area contributed by atoms with Crippen molar-refractivity contribution in [2.75, 3.05) is 0 Å². The van der Waals surface area contributed by atoms with Gasteiger partial charge in [0.05, 0.1) is 0 Å². The summed E-state index contributed by atoms with van der Waals surface area (Å²) in [6.45, 7) is 5.81. The normalized spacial score (nSPS) is 15.8. The monoisotopic (exact) mass is 246 g/mol. The third-order valence-electron chi connectivity index (χ3n) is 3.39. The Morgan fingerprint density at radius 1 is 0.688 bits per heavy atom. The number of halogens is 5. The van der Waals surface area contributed by atoms with E-state index in [0.29, 0.717) is 13.8 Å². The summed E-state index contributed by atoms with van der Waals surface area (Å²) < 4.78 is 67.6. The molecule has 0 atom stereocenters. The van der Waals surface area contributed by atoms with E-state index >= 15 is 0 Å². The van der Waals surface area contributed by atoms with Crippen LogP contribution in [0.15, 0.2) is 0 Å². The van der Waals surface area contributed by atoms with Gasteiger partial charge in [-0.05, 0) is 19.8 Å². The van der Waals surface area contributed by atoms with E-state index in [4.69, 9.17) is 0 Å². The fourth-order valence-corrected chi connectivity index (χ4v) is 1.14. The molecule has 0 aliphatic carbocycles. The minimum absolute atomic E-state index is 0.470. The van der Waals surface area contributed by atoms with Gasteiger partial charge in [-0.15, -0.1) is 0 Å². The molecule has 0 spiro atoms. The second kappa shape index (κ2) is 3.84. The molecule has 16 heavy (non-hydrogen) atoms. The van der Waals surface area contributed by atoms with Crippen LogP contribution < -0.4 is 0 Å². The molecule has 0 saturated carbocycles. The first-order valence-corrected chi connectivity index (χ1v) is 5.14. The lowest BCUT2D eigenvalue weighted by Gasteiger charge is -2.44. The third-order valence-corrected chi connectivity index (χ3v) is 3.39. The average Bonchev–Trinajstić information content (AvgIpc) is 2.00. The Morgan fingerprint density at radius 3 is 1.19 bits per heavy atom. The van der Waals surface area contributed by atoms with Gasteiger partial charge in [0.2, 0.25) is 0 Å². The maximum Gasteiger partial charge on any atom is 0.343 e. The van der Waals surface area contributed by atoms with E-state index < -0.39 is 28.8 Å². The first-order chi connectivity index (χ1) is 6.69. The van der Waals surface area contributed by atoms with Crippen LogP contribution in [-0.2, 0) is 0 Å². The second-order valence-corrected chi connectivity index (χ2v) is 5.50. The highest BCUT2D eigenvalue weighted by atomic mass is 19.3. The molecule has 0 N–H and O–H groups in total. The SMILES string of the molecule is CC(C)C(C)(C)C(F)(F)C(F)(F)C(C)(C)F. The molecular weight excluding hydrogens is 227 g/mol. The van der Waals surface area contributed by atoms with E-state index in [1.54, 1.807) is 0 Å². The highest BCUT2D eigenvalue weighted by Gasteiger charge is 2.71. The van der Waals surface area contributed by atoms with Crippen molar-refractivity contribution in [3.05, 3.63) is 0 Å². The number of alkyl halides is 5. The molecule has 0 fully saturated rings. The van der Waals surface area contributed by atoms with Crippen molar-refractivity contribution in [1.82, 2.24) is 0 Å². The Kier molecular flexibility index (Phi) is 3.76. The molecule has 0 heterocycles. The molecule has 0 aromatic carbocycles. The van der Waals surface area contributed by atoms with Crippen LogP contribution in [0.1, 0.15) is 41.5 Å². The zero-order valence-electron chi connectivity index (χ0n) is 10.5. The Morgan fingerprint density at radius 2 is 1.00 bits per heavy atom. The van der Waals surface area contributed by atoms with Gasteiger partial charge in [-0.2, -0.15) is 17.6 Å². The maximum atomic E-state index is 13.7. The Labute approximate surface area is 93.2 Å². The Bertz CT molecular complexity index is 248. The summed E-state index contributed by atoms with van der Waals surface area (Å²) in [5.74, 6) is -9.81. The first kappa shape index (κ1) is 15.7. The molecule has 0 unspecified atom stereocenters. The lowest BCUT2D eigenvalue weighted by Crippen LogP contribution is -2.61. The standard InChI is InChI=1S/C11H19F5/c1-7(2)8(3,4)10(13,14)11(15,16)9(5,6)12/h7H,1-6H3. The molecule has 0 nitrogen and oxygen atoms in total. The maximum absolute atomic E-state index is 13.7. The van der Waals surface area contributed by atoms with Gasteiger partial charge < -0.3 is 0 Å². The van der Waals surface area contributed by atoms with Crippen molar-refractivity contribution in [1.29, 1.82) is 0 Å². The van der Waals surface area contributed by atoms with Crippen LogP contribution in [0, 0.1) is 11.3 Å². The van der Waals surface area contributed by atoms with E-state index in [1.165, 1.54) is 13.8 Å². The Hall–Kier alpha value is -0.350. The summed E-state index contributed by atoms with van der Waals surface area (Å²) in [6.07, 6.45) is 0. The van der Waals surface area contributed by atoms with E-state index in [-0.39, 0.29) is 0 Å². The highest BCUT2D eigenvalue weighted by Crippen LogP contribution is 2.55. The van der Waals surface area contributed by atoms with Crippen molar-refractivity contribution in [2.24, 2.45) is 11.3 Å². The van der Waals surface area contributed by atoms with Crippen molar-refractivity contribution in [3.63, 3.8) is 0 Å². The van der Waals surface area contributed by atoms with Crippen LogP contribution in [0.5, 0.6) is 0 Å². The number of rotatable bonds is 4. The van der Waals surface area contributed by atoms with E-state index in [1.807, 2.05) is 0 Å². The predicted molar refractivity (Wildman–Crippen MR) is 53.7 cm³/mol. The quantitative estimate of drug-likeness (QED) is 0.631. The summed E-state index contributed by atoms with van der Waals surface area (Å²) >= 11 is 0. The topological polar surface area (TPSA) is 0 Å². The number of hydrogen-bond donors (Lipinski definition) is 0. The van der Waals surface area contributed by atoms with Crippen LogP contribution >= 0.6 is 0 Å². The van der Waals surface area contributed by atoms with Crippen LogP contribution in [0.3, 0.4) is 0 Å². The molecule has 0 aliphatic rings. The summed E-state index contributed by atoms with van der Waals surface area (Å²) in [4.78, 5) is 0. The summed E-state index contributed by atoms with van der Waals surface area (Å²) in [7, 11) is 0. The van der Waals surface area contributed by atoms with Crippen LogP contribution in [-0.4, -0.2) is 17.5 Å². The largest absolute Gasteiger partial charge is 0.343 e. The molecule has 5 heteroatoms. The molecule has 98 valence electrons.